The second-order valence-corrected chi connectivity index (χ2v) is 3.63. The summed E-state index contributed by atoms with van der Waals surface area (Å²) in [5.74, 6) is -1.31. The van der Waals surface area contributed by atoms with Gasteiger partial charge >= 0.3 is 0 Å². The molecule has 0 saturated carbocycles. The molecule has 0 radical (unpaired) electrons. The van der Waals surface area contributed by atoms with Gasteiger partial charge in [-0.15, -0.1) is 0 Å². The van der Waals surface area contributed by atoms with Crippen LogP contribution in [0.2, 0.25) is 0 Å². The zero-order chi connectivity index (χ0) is 12.8. The molecule has 0 heterocycles. The molecule has 0 saturated heterocycles. The highest BCUT2D eigenvalue weighted by atomic mass is 19.1. The van der Waals surface area contributed by atoms with Crippen molar-refractivity contribution in [3.05, 3.63) is 23.3 Å². The third kappa shape index (κ3) is 3.06. The van der Waals surface area contributed by atoms with E-state index in [2.05, 4.69) is 0 Å². The first-order valence-corrected chi connectivity index (χ1v) is 5.44. The van der Waals surface area contributed by atoms with E-state index < -0.39 is 11.6 Å². The topological polar surface area (TPSA) is 44.5 Å². The third-order valence-corrected chi connectivity index (χ3v) is 2.53. The minimum atomic E-state index is -0.760. The highest BCUT2D eigenvalue weighted by Gasteiger charge is 2.19. The largest absolute Gasteiger partial charge is 0.492 e. The first-order valence-electron chi connectivity index (χ1n) is 5.44. The molecule has 5 heteroatoms. The lowest BCUT2D eigenvalue weighted by Crippen LogP contribution is -2.04. The fourth-order valence-electron chi connectivity index (χ4n) is 1.70. The molecule has 0 aliphatic heterocycles. The van der Waals surface area contributed by atoms with Gasteiger partial charge in [0.05, 0.1) is 14.2 Å². The van der Waals surface area contributed by atoms with Gasteiger partial charge in [-0.2, -0.15) is 0 Å². The lowest BCUT2D eigenvalue weighted by Gasteiger charge is -2.14. The molecule has 1 aromatic carbocycles. The minimum Gasteiger partial charge on any atom is -0.492 e. The maximum Gasteiger partial charge on any atom is 0.197 e. The van der Waals surface area contributed by atoms with Gasteiger partial charge in [0.15, 0.2) is 17.3 Å². The van der Waals surface area contributed by atoms with Crippen LogP contribution in [0.15, 0.2) is 6.07 Å². The van der Waals surface area contributed by atoms with Crippen LogP contribution in [0.1, 0.15) is 18.4 Å². The van der Waals surface area contributed by atoms with E-state index in [-0.39, 0.29) is 11.5 Å². The summed E-state index contributed by atoms with van der Waals surface area (Å²) in [5, 5.41) is 0. The zero-order valence-electron chi connectivity index (χ0n) is 10.1. The Kier molecular flexibility index (Phi) is 5.15. The Hall–Kier alpha value is -1.36. The average Bonchev–Trinajstić information content (AvgIpc) is 2.31. The maximum atomic E-state index is 13.6. The van der Waals surface area contributed by atoms with Crippen molar-refractivity contribution in [2.75, 3.05) is 20.8 Å². The number of hydrogen-bond acceptors (Lipinski definition) is 3. The molecule has 1 rings (SSSR count). The van der Waals surface area contributed by atoms with Gasteiger partial charge in [0.2, 0.25) is 0 Å². The fourth-order valence-corrected chi connectivity index (χ4v) is 1.70. The quantitative estimate of drug-likeness (QED) is 0.782. The van der Waals surface area contributed by atoms with Crippen LogP contribution in [-0.4, -0.2) is 20.8 Å². The highest BCUT2D eigenvalue weighted by Crippen LogP contribution is 2.36. The number of ether oxygens (including phenoxy) is 2. The van der Waals surface area contributed by atoms with Gasteiger partial charge in [-0.3, -0.25) is 0 Å². The van der Waals surface area contributed by atoms with Crippen LogP contribution in [0.25, 0.3) is 0 Å². The van der Waals surface area contributed by atoms with Crippen molar-refractivity contribution in [2.24, 2.45) is 5.73 Å². The summed E-state index contributed by atoms with van der Waals surface area (Å²) in [6, 6.07) is 0.819. The lowest BCUT2D eigenvalue weighted by molar-refractivity contribution is 0.329. The molecule has 0 unspecified atom stereocenters. The predicted molar refractivity (Wildman–Crippen MR) is 61.5 cm³/mol. The molecular weight excluding hydrogens is 228 g/mol. The van der Waals surface area contributed by atoms with Crippen LogP contribution >= 0.6 is 0 Å². The van der Waals surface area contributed by atoms with E-state index in [0.717, 1.165) is 18.9 Å². The second kappa shape index (κ2) is 6.39. The molecule has 0 aromatic heterocycles. The number of unbranched alkanes of at least 4 members (excludes halogenated alkanes) is 1. The lowest BCUT2D eigenvalue weighted by atomic mass is 10.1. The highest BCUT2D eigenvalue weighted by molar-refractivity contribution is 5.48. The average molecular weight is 245 g/mol. The van der Waals surface area contributed by atoms with E-state index >= 15 is 0 Å². The standard InChI is InChI=1S/C12H17F2NO2/c1-16-11-8(5-3-4-6-15)9(13)7-10(14)12(11)17-2/h7H,3-6,15H2,1-2H3. The number of hydrogen-bond donors (Lipinski definition) is 1. The summed E-state index contributed by atoms with van der Waals surface area (Å²) < 4.78 is 36.9. The van der Waals surface area contributed by atoms with Gasteiger partial charge in [-0.05, 0) is 25.8 Å². The van der Waals surface area contributed by atoms with Crippen molar-refractivity contribution in [3.8, 4) is 11.5 Å². The number of rotatable bonds is 6. The number of benzene rings is 1. The van der Waals surface area contributed by atoms with Crippen molar-refractivity contribution in [1.82, 2.24) is 0 Å². The number of nitrogens with two attached hydrogens (primary N) is 1. The van der Waals surface area contributed by atoms with Crippen LogP contribution in [0.4, 0.5) is 8.78 Å². The predicted octanol–water partition coefficient (Wildman–Crippen LogP) is 2.26. The van der Waals surface area contributed by atoms with Gasteiger partial charge < -0.3 is 15.2 Å². The number of methoxy groups -OCH3 is 2. The first-order chi connectivity index (χ1) is 8.15. The van der Waals surface area contributed by atoms with Crippen LogP contribution in [-0.2, 0) is 6.42 Å². The zero-order valence-corrected chi connectivity index (χ0v) is 10.1. The Bertz CT molecular complexity index is 383. The molecule has 0 bridgehead atoms. The van der Waals surface area contributed by atoms with Gasteiger partial charge in [0, 0.05) is 11.6 Å². The van der Waals surface area contributed by atoms with Crippen LogP contribution < -0.4 is 15.2 Å². The van der Waals surface area contributed by atoms with E-state index in [1.165, 1.54) is 14.2 Å². The smallest absolute Gasteiger partial charge is 0.197 e. The summed E-state index contributed by atoms with van der Waals surface area (Å²) in [7, 11) is 2.69. The molecule has 2 N–H and O–H groups in total. The summed E-state index contributed by atoms with van der Waals surface area (Å²) in [6.45, 7) is 0.544. The molecule has 0 amide bonds. The maximum absolute atomic E-state index is 13.6. The summed E-state index contributed by atoms with van der Waals surface area (Å²) >= 11 is 0. The Morgan fingerprint density at radius 1 is 1.06 bits per heavy atom. The monoisotopic (exact) mass is 245 g/mol. The first kappa shape index (κ1) is 13.7. The van der Waals surface area contributed by atoms with Crippen LogP contribution in [0.3, 0.4) is 0 Å². The van der Waals surface area contributed by atoms with Gasteiger partial charge in [0.1, 0.15) is 5.82 Å². The Morgan fingerprint density at radius 2 is 1.71 bits per heavy atom. The molecule has 0 atom stereocenters. The molecule has 3 nitrogen and oxygen atoms in total. The van der Waals surface area contributed by atoms with E-state index in [4.69, 9.17) is 15.2 Å². The van der Waals surface area contributed by atoms with Crippen LogP contribution in [0.5, 0.6) is 11.5 Å². The molecular formula is C12H17F2NO2. The van der Waals surface area contributed by atoms with E-state index in [0.29, 0.717) is 18.5 Å². The Labute approximate surface area is 99.5 Å². The molecule has 1 aromatic rings. The third-order valence-electron chi connectivity index (χ3n) is 2.53. The van der Waals surface area contributed by atoms with Crippen LogP contribution in [0, 0.1) is 11.6 Å². The molecule has 0 aliphatic carbocycles. The van der Waals surface area contributed by atoms with Gasteiger partial charge in [-0.1, -0.05) is 0 Å². The molecule has 17 heavy (non-hydrogen) atoms. The molecule has 0 fully saturated rings. The SMILES string of the molecule is COc1c(F)cc(F)c(CCCCN)c1OC. The molecule has 0 spiro atoms. The van der Waals surface area contributed by atoms with E-state index in [9.17, 15) is 8.78 Å². The van der Waals surface area contributed by atoms with Crippen molar-refractivity contribution in [2.45, 2.75) is 19.3 Å². The Morgan fingerprint density at radius 3 is 2.24 bits per heavy atom. The van der Waals surface area contributed by atoms with E-state index in [1.54, 1.807) is 0 Å². The normalized spacial score (nSPS) is 10.4. The fraction of sp³-hybridized carbons (Fsp3) is 0.500. The van der Waals surface area contributed by atoms with Gasteiger partial charge in [-0.25, -0.2) is 8.78 Å². The van der Waals surface area contributed by atoms with Crippen molar-refractivity contribution >= 4 is 0 Å². The minimum absolute atomic E-state index is 0.0587. The van der Waals surface area contributed by atoms with Crippen molar-refractivity contribution in [3.63, 3.8) is 0 Å². The summed E-state index contributed by atoms with van der Waals surface area (Å²) in [5.41, 5.74) is 5.70. The van der Waals surface area contributed by atoms with Gasteiger partial charge in [0.25, 0.3) is 0 Å². The summed E-state index contributed by atoms with van der Waals surface area (Å²) in [6.07, 6.45) is 1.95. The molecule has 0 aliphatic rings. The molecule has 96 valence electrons. The summed E-state index contributed by atoms with van der Waals surface area (Å²) in [4.78, 5) is 0. The number of halogens is 2. The second-order valence-electron chi connectivity index (χ2n) is 3.63. The van der Waals surface area contributed by atoms with Crippen molar-refractivity contribution in [1.29, 1.82) is 0 Å². The van der Waals surface area contributed by atoms with Crippen molar-refractivity contribution < 1.29 is 18.3 Å². The Balaban J connectivity index is 3.08. The van der Waals surface area contributed by atoms with E-state index in [1.807, 2.05) is 0 Å².